The molecule has 0 saturated carbocycles. The number of aryl methyl sites for hydroxylation is 1. The first kappa shape index (κ1) is 11.2. The average molecular weight is 209 g/mol. The van der Waals surface area contributed by atoms with E-state index in [9.17, 15) is 4.79 Å². The number of rotatable bonds is 3. The minimum absolute atomic E-state index is 0.172. The van der Waals surface area contributed by atoms with Gasteiger partial charge >= 0.3 is 5.97 Å². The van der Waals surface area contributed by atoms with Gasteiger partial charge in [-0.05, 0) is 6.07 Å². The fraction of sp³-hybridized carbons (Fsp3) is 0.300. The van der Waals surface area contributed by atoms with Crippen LogP contribution in [0.5, 0.6) is 0 Å². The van der Waals surface area contributed by atoms with Gasteiger partial charge in [0.25, 0.3) is 0 Å². The van der Waals surface area contributed by atoms with Crippen LogP contribution in [0.15, 0.2) is 23.5 Å². The number of carbonyl (C=O) groups is 1. The smallest absolute Gasteiger partial charge is 0.302 e. The normalized spacial score (nSPS) is 10.5. The van der Waals surface area contributed by atoms with Gasteiger partial charge in [-0.15, -0.1) is 0 Å². The Bertz CT molecular complexity index is 388. The molecule has 1 heterocycles. The van der Waals surface area contributed by atoms with Gasteiger partial charge in [0, 0.05) is 13.0 Å². The molecule has 1 aromatic rings. The monoisotopic (exact) mass is 209 g/mol. The Balaban J connectivity index is 2.95. The summed E-state index contributed by atoms with van der Waals surface area (Å²) in [7, 11) is 1.81. The maximum Gasteiger partial charge on any atom is 0.302 e. The van der Waals surface area contributed by atoms with Gasteiger partial charge < -0.3 is 9.94 Å². The second-order valence-corrected chi connectivity index (χ2v) is 3.05. The molecule has 1 N–H and O–H groups in total. The first-order valence-electron chi connectivity index (χ1n) is 4.43. The summed E-state index contributed by atoms with van der Waals surface area (Å²) in [5.41, 5.74) is 1.48. The minimum atomic E-state index is -0.339. The fourth-order valence-corrected chi connectivity index (χ4v) is 1.21. The fourth-order valence-electron chi connectivity index (χ4n) is 1.21. The summed E-state index contributed by atoms with van der Waals surface area (Å²) in [6.45, 7) is 1.52. The van der Waals surface area contributed by atoms with Crippen molar-refractivity contribution in [3.05, 3.63) is 29.6 Å². The molecular formula is C10H13N2O3+. The van der Waals surface area contributed by atoms with Crippen molar-refractivity contribution in [2.75, 3.05) is 0 Å². The molecule has 0 bridgehead atoms. The van der Waals surface area contributed by atoms with Gasteiger partial charge in [0.2, 0.25) is 5.69 Å². The molecule has 0 saturated heterocycles. The van der Waals surface area contributed by atoms with Crippen LogP contribution in [0.25, 0.3) is 0 Å². The molecule has 0 aromatic carbocycles. The third kappa shape index (κ3) is 3.05. The summed E-state index contributed by atoms with van der Waals surface area (Å²) in [6.07, 6.45) is 3.12. The average Bonchev–Trinajstić information content (AvgIpc) is 2.19. The third-order valence-corrected chi connectivity index (χ3v) is 1.93. The summed E-state index contributed by atoms with van der Waals surface area (Å²) >= 11 is 0. The number of aromatic nitrogens is 1. The standard InChI is InChI=1S/C10H12N2O3/c1-8(13)15-7-9-4-3-5-12(2)10(9)6-11-14/h3-6H,7H2,1-2H3/p+1. The van der Waals surface area contributed by atoms with Crippen LogP contribution in [0.4, 0.5) is 0 Å². The highest BCUT2D eigenvalue weighted by Gasteiger charge is 2.11. The van der Waals surface area contributed by atoms with E-state index in [4.69, 9.17) is 9.94 Å². The van der Waals surface area contributed by atoms with Crippen molar-refractivity contribution in [3.63, 3.8) is 0 Å². The lowest BCUT2D eigenvalue weighted by Gasteiger charge is -2.03. The van der Waals surface area contributed by atoms with E-state index in [1.165, 1.54) is 13.1 Å². The van der Waals surface area contributed by atoms with E-state index in [-0.39, 0.29) is 12.6 Å². The SMILES string of the molecule is CC(=O)OCc1ccc[n+](C)c1/C=N/O. The molecule has 0 aliphatic heterocycles. The lowest BCUT2D eigenvalue weighted by atomic mass is 10.2. The summed E-state index contributed by atoms with van der Waals surface area (Å²) in [6, 6.07) is 3.63. The van der Waals surface area contributed by atoms with Gasteiger partial charge in [0.1, 0.15) is 19.9 Å². The molecule has 1 aromatic heterocycles. The largest absolute Gasteiger partial charge is 0.461 e. The van der Waals surface area contributed by atoms with Gasteiger partial charge in [-0.1, -0.05) is 5.16 Å². The second-order valence-electron chi connectivity index (χ2n) is 3.05. The van der Waals surface area contributed by atoms with E-state index in [0.717, 1.165) is 5.56 Å². The highest BCUT2D eigenvalue weighted by molar-refractivity contribution is 5.76. The van der Waals surface area contributed by atoms with Gasteiger partial charge in [0.15, 0.2) is 6.20 Å². The van der Waals surface area contributed by atoms with Gasteiger partial charge in [-0.2, -0.15) is 4.57 Å². The number of esters is 1. The van der Waals surface area contributed by atoms with Crippen LogP contribution >= 0.6 is 0 Å². The number of hydrogen-bond acceptors (Lipinski definition) is 4. The number of nitrogens with zero attached hydrogens (tertiary/aromatic N) is 2. The third-order valence-electron chi connectivity index (χ3n) is 1.93. The Hall–Kier alpha value is -1.91. The number of pyridine rings is 1. The zero-order chi connectivity index (χ0) is 11.3. The Labute approximate surface area is 87.6 Å². The Kier molecular flexibility index (Phi) is 3.79. The first-order chi connectivity index (χ1) is 7.15. The highest BCUT2D eigenvalue weighted by Crippen LogP contribution is 2.03. The van der Waals surface area contributed by atoms with Crippen LogP contribution in [0.1, 0.15) is 18.2 Å². The van der Waals surface area contributed by atoms with Crippen LogP contribution in [0.3, 0.4) is 0 Å². The number of oxime groups is 1. The van der Waals surface area contributed by atoms with Crippen LogP contribution < -0.4 is 4.57 Å². The molecule has 0 unspecified atom stereocenters. The summed E-state index contributed by atoms with van der Waals surface area (Å²) < 4.78 is 6.65. The summed E-state index contributed by atoms with van der Waals surface area (Å²) in [4.78, 5) is 10.7. The zero-order valence-electron chi connectivity index (χ0n) is 8.67. The molecule has 0 aliphatic carbocycles. The van der Waals surface area contributed by atoms with Crippen molar-refractivity contribution >= 4 is 12.2 Å². The van der Waals surface area contributed by atoms with E-state index < -0.39 is 0 Å². The summed E-state index contributed by atoms with van der Waals surface area (Å²) in [5, 5.41) is 11.5. The molecule has 0 aliphatic rings. The van der Waals surface area contributed by atoms with Crippen molar-refractivity contribution in [2.45, 2.75) is 13.5 Å². The van der Waals surface area contributed by atoms with Gasteiger partial charge in [0.05, 0.1) is 5.56 Å². The molecular weight excluding hydrogens is 196 g/mol. The predicted octanol–water partition coefficient (Wildman–Crippen LogP) is 0.382. The first-order valence-corrected chi connectivity index (χ1v) is 4.43. The predicted molar refractivity (Wildman–Crippen MR) is 52.5 cm³/mol. The Morgan fingerprint density at radius 1 is 1.73 bits per heavy atom. The van der Waals surface area contributed by atoms with Crippen LogP contribution in [-0.4, -0.2) is 17.4 Å². The van der Waals surface area contributed by atoms with E-state index in [2.05, 4.69) is 5.16 Å². The second kappa shape index (κ2) is 5.09. The molecule has 0 amide bonds. The molecule has 1 rings (SSSR count). The van der Waals surface area contributed by atoms with Crippen molar-refractivity contribution < 1.29 is 19.3 Å². The topological polar surface area (TPSA) is 62.8 Å². The van der Waals surface area contributed by atoms with Crippen LogP contribution in [-0.2, 0) is 23.2 Å². The Morgan fingerprint density at radius 3 is 3.07 bits per heavy atom. The number of hydrogen-bond donors (Lipinski definition) is 1. The molecule has 15 heavy (non-hydrogen) atoms. The molecule has 0 spiro atoms. The van der Waals surface area contributed by atoms with Crippen LogP contribution in [0.2, 0.25) is 0 Å². The molecule has 80 valence electrons. The highest BCUT2D eigenvalue weighted by atomic mass is 16.5. The van der Waals surface area contributed by atoms with Crippen molar-refractivity contribution in [3.8, 4) is 0 Å². The van der Waals surface area contributed by atoms with E-state index in [0.29, 0.717) is 5.69 Å². The lowest BCUT2D eigenvalue weighted by molar-refractivity contribution is -0.672. The number of ether oxygens (including phenoxy) is 1. The molecule has 5 nitrogen and oxygen atoms in total. The van der Waals surface area contributed by atoms with E-state index >= 15 is 0 Å². The molecule has 0 fully saturated rings. The van der Waals surface area contributed by atoms with Gasteiger partial charge in [-0.25, -0.2) is 0 Å². The number of carbonyl (C=O) groups excluding carboxylic acids is 1. The molecule has 0 radical (unpaired) electrons. The summed E-state index contributed by atoms with van der Waals surface area (Å²) in [5.74, 6) is -0.339. The minimum Gasteiger partial charge on any atom is -0.461 e. The molecule has 0 atom stereocenters. The van der Waals surface area contributed by atoms with Crippen LogP contribution in [0, 0.1) is 0 Å². The van der Waals surface area contributed by atoms with Crippen molar-refractivity contribution in [1.29, 1.82) is 0 Å². The quantitative estimate of drug-likeness (QED) is 0.257. The molecule has 5 heteroatoms. The lowest BCUT2D eigenvalue weighted by Crippen LogP contribution is -2.34. The zero-order valence-corrected chi connectivity index (χ0v) is 8.67. The van der Waals surface area contributed by atoms with Gasteiger partial charge in [-0.3, -0.25) is 4.79 Å². The van der Waals surface area contributed by atoms with Crippen molar-refractivity contribution in [2.24, 2.45) is 12.2 Å². The van der Waals surface area contributed by atoms with Crippen molar-refractivity contribution in [1.82, 2.24) is 0 Å². The van der Waals surface area contributed by atoms with E-state index in [1.807, 2.05) is 19.3 Å². The Morgan fingerprint density at radius 2 is 2.47 bits per heavy atom. The maximum atomic E-state index is 10.7. The van der Waals surface area contributed by atoms with E-state index in [1.54, 1.807) is 10.6 Å². The maximum absolute atomic E-state index is 10.7.